The van der Waals surface area contributed by atoms with E-state index in [-0.39, 0.29) is 29.1 Å². The van der Waals surface area contributed by atoms with Crippen molar-refractivity contribution in [1.29, 1.82) is 0 Å². The van der Waals surface area contributed by atoms with Crippen LogP contribution in [0.1, 0.15) is 6.92 Å². The first-order valence-electron chi connectivity index (χ1n) is 7.62. The highest BCUT2D eigenvalue weighted by molar-refractivity contribution is 7.99. The molecule has 3 rings (SSSR count). The van der Waals surface area contributed by atoms with Gasteiger partial charge in [0.25, 0.3) is 0 Å². The number of hydrogen-bond donors (Lipinski definition) is 2. The van der Waals surface area contributed by atoms with Crippen LogP contribution in [0.15, 0.2) is 34.1 Å². The molecule has 0 aliphatic heterocycles. The molecule has 0 bridgehead atoms. The third-order valence-electron chi connectivity index (χ3n) is 3.29. The molecule has 0 aliphatic rings. The predicted octanol–water partition coefficient (Wildman–Crippen LogP) is 2.21. The van der Waals surface area contributed by atoms with E-state index in [1.54, 1.807) is 35.9 Å². The van der Waals surface area contributed by atoms with Gasteiger partial charge in [0, 0.05) is 24.7 Å². The zero-order valence-corrected chi connectivity index (χ0v) is 15.8. The van der Waals surface area contributed by atoms with E-state index in [1.807, 2.05) is 0 Å². The Kier molecular flexibility index (Phi) is 5.72. The number of benzene rings is 1. The summed E-state index contributed by atoms with van der Waals surface area (Å²) in [5.74, 6) is 0.108. The van der Waals surface area contributed by atoms with Crippen molar-refractivity contribution in [2.45, 2.75) is 12.1 Å². The normalized spacial score (nSPS) is 10.6. The van der Waals surface area contributed by atoms with E-state index in [4.69, 9.17) is 11.6 Å². The molecule has 2 heterocycles. The van der Waals surface area contributed by atoms with Crippen molar-refractivity contribution in [1.82, 2.24) is 25.1 Å². The van der Waals surface area contributed by atoms with Crippen molar-refractivity contribution in [3.63, 3.8) is 0 Å². The number of aromatic nitrogens is 5. The lowest BCUT2D eigenvalue weighted by atomic mass is 10.3. The van der Waals surface area contributed by atoms with E-state index in [1.165, 1.54) is 18.7 Å². The van der Waals surface area contributed by atoms with E-state index in [2.05, 4.69) is 35.8 Å². The molecule has 2 amide bonds. The summed E-state index contributed by atoms with van der Waals surface area (Å²) in [4.78, 5) is 23.3. The lowest BCUT2D eigenvalue weighted by Gasteiger charge is -2.05. The van der Waals surface area contributed by atoms with Crippen LogP contribution >= 0.6 is 23.4 Å². The highest BCUT2D eigenvalue weighted by Crippen LogP contribution is 2.26. The van der Waals surface area contributed by atoms with Gasteiger partial charge in [-0.1, -0.05) is 23.4 Å². The number of anilines is 2. The summed E-state index contributed by atoms with van der Waals surface area (Å²) in [7, 11) is 1.71. The Morgan fingerprint density at radius 2 is 1.93 bits per heavy atom. The van der Waals surface area contributed by atoms with E-state index >= 15 is 0 Å². The number of carbonyl (C=O) groups is 2. The van der Waals surface area contributed by atoms with Gasteiger partial charge in [0.15, 0.2) is 16.7 Å². The SMILES string of the molecule is CC(=O)Nc1nonc1-c1nnc(SCC(=O)Nc2ccc(Cl)cc2)n1C. The molecule has 2 N–H and O–H groups in total. The molecule has 0 saturated carbocycles. The molecule has 27 heavy (non-hydrogen) atoms. The summed E-state index contributed by atoms with van der Waals surface area (Å²) in [6.07, 6.45) is 0. The first kappa shape index (κ1) is 18.9. The van der Waals surface area contributed by atoms with Crippen molar-refractivity contribution in [2.75, 3.05) is 16.4 Å². The molecule has 0 radical (unpaired) electrons. The fraction of sp³-hybridized carbons (Fsp3) is 0.200. The second-order valence-corrected chi connectivity index (χ2v) is 6.73. The summed E-state index contributed by atoms with van der Waals surface area (Å²) >= 11 is 7.02. The van der Waals surface area contributed by atoms with Crippen LogP contribution in [0.2, 0.25) is 5.02 Å². The van der Waals surface area contributed by atoms with Crippen LogP contribution in [0.4, 0.5) is 11.5 Å². The lowest BCUT2D eigenvalue weighted by molar-refractivity contribution is -0.114. The number of nitrogens with zero attached hydrogens (tertiary/aromatic N) is 5. The predicted molar refractivity (Wildman–Crippen MR) is 99.4 cm³/mol. The van der Waals surface area contributed by atoms with Crippen LogP contribution in [0, 0.1) is 0 Å². The highest BCUT2D eigenvalue weighted by Gasteiger charge is 2.21. The van der Waals surface area contributed by atoms with Gasteiger partial charge in [0.2, 0.25) is 17.6 Å². The van der Waals surface area contributed by atoms with Gasteiger partial charge >= 0.3 is 0 Å². The third-order valence-corrected chi connectivity index (χ3v) is 4.56. The molecule has 0 saturated heterocycles. The first-order chi connectivity index (χ1) is 12.9. The minimum atomic E-state index is -0.317. The monoisotopic (exact) mass is 407 g/mol. The van der Waals surface area contributed by atoms with Crippen molar-refractivity contribution >= 4 is 46.7 Å². The second kappa shape index (κ2) is 8.18. The van der Waals surface area contributed by atoms with Crippen molar-refractivity contribution in [3.8, 4) is 11.5 Å². The van der Waals surface area contributed by atoms with Gasteiger partial charge in [0.1, 0.15) is 0 Å². The molecule has 0 spiro atoms. The molecule has 3 aromatic rings. The van der Waals surface area contributed by atoms with Crippen LogP contribution in [0.25, 0.3) is 11.5 Å². The molecular weight excluding hydrogens is 394 g/mol. The second-order valence-electron chi connectivity index (χ2n) is 5.35. The topological polar surface area (TPSA) is 128 Å². The maximum atomic E-state index is 12.1. The summed E-state index contributed by atoms with van der Waals surface area (Å²) in [6.45, 7) is 1.34. The van der Waals surface area contributed by atoms with Gasteiger partial charge in [-0.15, -0.1) is 10.2 Å². The van der Waals surface area contributed by atoms with E-state index in [9.17, 15) is 9.59 Å². The Balaban J connectivity index is 1.65. The molecule has 0 aliphatic carbocycles. The number of halogens is 1. The summed E-state index contributed by atoms with van der Waals surface area (Å²) in [6, 6.07) is 6.81. The van der Waals surface area contributed by atoms with Gasteiger partial charge in [0.05, 0.1) is 5.75 Å². The van der Waals surface area contributed by atoms with Crippen molar-refractivity contribution in [3.05, 3.63) is 29.3 Å². The van der Waals surface area contributed by atoms with Gasteiger partial charge in [-0.2, -0.15) is 0 Å². The average Bonchev–Trinajstić information content (AvgIpc) is 3.21. The Hall–Kier alpha value is -2.92. The quantitative estimate of drug-likeness (QED) is 0.595. The third kappa shape index (κ3) is 4.63. The van der Waals surface area contributed by atoms with Crippen LogP contribution in [-0.2, 0) is 16.6 Å². The van der Waals surface area contributed by atoms with Crippen molar-refractivity contribution in [2.24, 2.45) is 7.05 Å². The molecular formula is C15H14ClN7O3S. The fourth-order valence-corrected chi connectivity index (χ4v) is 2.93. The van der Waals surface area contributed by atoms with Gasteiger partial charge in [-0.3, -0.25) is 9.59 Å². The Morgan fingerprint density at radius 1 is 1.19 bits per heavy atom. The molecule has 140 valence electrons. The van der Waals surface area contributed by atoms with Crippen LogP contribution in [-0.4, -0.2) is 42.6 Å². The first-order valence-corrected chi connectivity index (χ1v) is 8.98. The van der Waals surface area contributed by atoms with Gasteiger partial charge in [-0.25, -0.2) is 4.63 Å². The number of hydrogen-bond acceptors (Lipinski definition) is 8. The fourth-order valence-electron chi connectivity index (χ4n) is 2.09. The highest BCUT2D eigenvalue weighted by atomic mass is 35.5. The molecule has 2 aromatic heterocycles. The van der Waals surface area contributed by atoms with Crippen LogP contribution in [0.3, 0.4) is 0 Å². The number of nitrogens with one attached hydrogen (secondary N) is 2. The molecule has 12 heteroatoms. The van der Waals surface area contributed by atoms with Crippen LogP contribution in [0.5, 0.6) is 0 Å². The summed E-state index contributed by atoms with van der Waals surface area (Å²) in [5.41, 5.74) is 0.898. The van der Waals surface area contributed by atoms with E-state index < -0.39 is 0 Å². The minimum Gasteiger partial charge on any atom is -0.325 e. The molecule has 0 atom stereocenters. The standard InChI is InChI=1S/C15H14ClN7O3S/c1-8(24)17-13-12(21-26-22-13)14-19-20-15(23(14)2)27-7-11(25)18-10-5-3-9(16)4-6-10/h3-6H,7H2,1-2H3,(H,18,25)(H,17,22,24). The Labute approximate surface area is 162 Å². The Bertz CT molecular complexity index is 970. The smallest absolute Gasteiger partial charge is 0.234 e. The summed E-state index contributed by atoms with van der Waals surface area (Å²) in [5, 5.41) is 21.8. The number of rotatable bonds is 6. The zero-order valence-electron chi connectivity index (χ0n) is 14.3. The van der Waals surface area contributed by atoms with Gasteiger partial charge in [-0.05, 0) is 34.6 Å². The average molecular weight is 408 g/mol. The summed E-state index contributed by atoms with van der Waals surface area (Å²) < 4.78 is 6.29. The number of thioether (sulfide) groups is 1. The number of carbonyl (C=O) groups excluding carboxylic acids is 2. The molecule has 0 unspecified atom stereocenters. The maximum Gasteiger partial charge on any atom is 0.234 e. The maximum absolute atomic E-state index is 12.1. The van der Waals surface area contributed by atoms with E-state index in [0.29, 0.717) is 21.7 Å². The Morgan fingerprint density at radius 3 is 2.63 bits per heavy atom. The molecule has 0 fully saturated rings. The van der Waals surface area contributed by atoms with Crippen molar-refractivity contribution < 1.29 is 14.2 Å². The molecule has 1 aromatic carbocycles. The molecule has 10 nitrogen and oxygen atoms in total. The largest absolute Gasteiger partial charge is 0.325 e. The van der Waals surface area contributed by atoms with Crippen LogP contribution < -0.4 is 10.6 Å². The van der Waals surface area contributed by atoms with Gasteiger partial charge < -0.3 is 15.2 Å². The lowest BCUT2D eigenvalue weighted by Crippen LogP contribution is -2.14. The van der Waals surface area contributed by atoms with E-state index in [0.717, 1.165) is 0 Å². The minimum absolute atomic E-state index is 0.129. The zero-order chi connectivity index (χ0) is 19.4. The number of amides is 2.